The second-order valence-corrected chi connectivity index (χ2v) is 5.11. The van der Waals surface area contributed by atoms with Gasteiger partial charge in [0.2, 0.25) is 0 Å². The molecule has 2 aromatic carbocycles. The Morgan fingerprint density at radius 3 is 1.96 bits per heavy atom. The fourth-order valence-corrected chi connectivity index (χ4v) is 2.16. The highest BCUT2D eigenvalue weighted by atomic mass is 19.4. The van der Waals surface area contributed by atoms with Crippen LogP contribution in [0.3, 0.4) is 0 Å². The van der Waals surface area contributed by atoms with Crippen LogP contribution in [0.5, 0.6) is 0 Å². The second-order valence-electron chi connectivity index (χ2n) is 5.11. The Morgan fingerprint density at radius 1 is 0.917 bits per heavy atom. The molecule has 0 aliphatic rings. The van der Waals surface area contributed by atoms with Crippen LogP contribution in [0.15, 0.2) is 42.5 Å². The molecular formula is C17H11F5O2. The molecule has 0 spiro atoms. The zero-order valence-electron chi connectivity index (χ0n) is 12.2. The molecule has 0 aromatic heterocycles. The van der Waals surface area contributed by atoms with Crippen molar-refractivity contribution in [3.8, 4) is 0 Å². The maximum Gasteiger partial charge on any atom is 0.416 e. The summed E-state index contributed by atoms with van der Waals surface area (Å²) >= 11 is 0. The third-order valence-electron chi connectivity index (χ3n) is 3.25. The van der Waals surface area contributed by atoms with Gasteiger partial charge in [-0.1, -0.05) is 30.3 Å². The van der Waals surface area contributed by atoms with Gasteiger partial charge < -0.3 is 0 Å². The summed E-state index contributed by atoms with van der Waals surface area (Å²) in [5.74, 6) is -5.07. The third kappa shape index (κ3) is 4.24. The highest BCUT2D eigenvalue weighted by Crippen LogP contribution is 2.31. The number of alkyl halides is 3. The Labute approximate surface area is 133 Å². The lowest BCUT2D eigenvalue weighted by molar-refractivity contribution is -0.138. The summed E-state index contributed by atoms with van der Waals surface area (Å²) in [7, 11) is 0. The Morgan fingerprint density at radius 2 is 1.46 bits per heavy atom. The number of hydrogen-bond donors (Lipinski definition) is 0. The molecular weight excluding hydrogens is 331 g/mol. The lowest BCUT2D eigenvalue weighted by Crippen LogP contribution is -2.15. The number of Topliss-reactive ketones (excluding diaryl/α,β-unsaturated/α-hetero) is 2. The average molecular weight is 342 g/mol. The van der Waals surface area contributed by atoms with Crippen molar-refractivity contribution >= 4 is 11.6 Å². The summed E-state index contributed by atoms with van der Waals surface area (Å²) in [5.41, 5.74) is -2.06. The number of rotatable bonds is 5. The quantitative estimate of drug-likeness (QED) is 0.459. The normalized spacial score (nSPS) is 11.4. The van der Waals surface area contributed by atoms with Gasteiger partial charge >= 0.3 is 6.18 Å². The van der Waals surface area contributed by atoms with Gasteiger partial charge in [0.15, 0.2) is 5.78 Å². The van der Waals surface area contributed by atoms with E-state index >= 15 is 0 Å². The van der Waals surface area contributed by atoms with Crippen molar-refractivity contribution in [3.63, 3.8) is 0 Å². The number of benzene rings is 2. The molecule has 2 rings (SSSR count). The van der Waals surface area contributed by atoms with E-state index in [1.54, 1.807) is 30.3 Å². The largest absolute Gasteiger partial charge is 0.416 e. The van der Waals surface area contributed by atoms with Crippen LogP contribution in [0.2, 0.25) is 0 Å². The third-order valence-corrected chi connectivity index (χ3v) is 3.25. The molecule has 0 fully saturated rings. The Bertz CT molecular complexity index is 743. The monoisotopic (exact) mass is 342 g/mol. The predicted molar refractivity (Wildman–Crippen MR) is 75.5 cm³/mol. The van der Waals surface area contributed by atoms with Gasteiger partial charge in [0.1, 0.15) is 17.4 Å². The first-order valence-corrected chi connectivity index (χ1v) is 6.83. The van der Waals surface area contributed by atoms with E-state index in [0.717, 1.165) is 0 Å². The van der Waals surface area contributed by atoms with Crippen molar-refractivity contribution in [1.29, 1.82) is 0 Å². The topological polar surface area (TPSA) is 34.1 Å². The molecule has 0 heterocycles. The van der Waals surface area contributed by atoms with Crippen LogP contribution in [0.4, 0.5) is 22.0 Å². The molecule has 7 heteroatoms. The summed E-state index contributed by atoms with van der Waals surface area (Å²) in [6.07, 6.45) is -5.85. The fraction of sp³-hybridized carbons (Fsp3) is 0.176. The predicted octanol–water partition coefficient (Wildman–Crippen LogP) is 4.37. The van der Waals surface area contributed by atoms with E-state index in [9.17, 15) is 31.5 Å². The Kier molecular flexibility index (Phi) is 5.11. The molecule has 0 radical (unpaired) electrons. The summed E-state index contributed by atoms with van der Waals surface area (Å²) in [6.45, 7) is 0. The van der Waals surface area contributed by atoms with Crippen LogP contribution in [0.25, 0.3) is 0 Å². The van der Waals surface area contributed by atoms with Gasteiger partial charge in [0.05, 0.1) is 17.5 Å². The van der Waals surface area contributed by atoms with E-state index in [4.69, 9.17) is 0 Å². The van der Waals surface area contributed by atoms with Crippen LogP contribution in [-0.4, -0.2) is 11.6 Å². The lowest BCUT2D eigenvalue weighted by Gasteiger charge is -2.10. The molecule has 0 bridgehead atoms. The van der Waals surface area contributed by atoms with Crippen molar-refractivity contribution in [3.05, 3.63) is 70.8 Å². The molecule has 0 amide bonds. The van der Waals surface area contributed by atoms with Crippen molar-refractivity contribution in [2.45, 2.75) is 19.0 Å². The van der Waals surface area contributed by atoms with Gasteiger partial charge in [-0.05, 0) is 17.7 Å². The van der Waals surface area contributed by atoms with Crippen molar-refractivity contribution in [2.75, 3.05) is 0 Å². The van der Waals surface area contributed by atoms with Crippen molar-refractivity contribution in [2.24, 2.45) is 0 Å². The zero-order valence-corrected chi connectivity index (χ0v) is 12.2. The summed E-state index contributed by atoms with van der Waals surface area (Å²) in [4.78, 5) is 23.7. The lowest BCUT2D eigenvalue weighted by atomic mass is 9.99. The first kappa shape index (κ1) is 17.8. The maximum absolute atomic E-state index is 13.7. The van der Waals surface area contributed by atoms with Gasteiger partial charge in [0.25, 0.3) is 0 Å². The molecule has 0 saturated heterocycles. The van der Waals surface area contributed by atoms with Crippen LogP contribution in [0.1, 0.15) is 27.9 Å². The van der Waals surface area contributed by atoms with E-state index in [1.807, 2.05) is 0 Å². The Hall–Kier alpha value is -2.57. The summed E-state index contributed by atoms with van der Waals surface area (Å²) < 4.78 is 64.8. The molecule has 0 saturated carbocycles. The minimum atomic E-state index is -4.94. The van der Waals surface area contributed by atoms with Gasteiger partial charge in [-0.2, -0.15) is 13.2 Å². The number of carbonyl (C=O) groups is 2. The van der Waals surface area contributed by atoms with Crippen LogP contribution in [-0.2, 0) is 17.4 Å². The highest BCUT2D eigenvalue weighted by molar-refractivity contribution is 6.08. The molecule has 0 N–H and O–H groups in total. The molecule has 0 aliphatic heterocycles. The molecule has 0 aliphatic carbocycles. The minimum absolute atomic E-state index is 0.0397. The van der Waals surface area contributed by atoms with Crippen LogP contribution < -0.4 is 0 Å². The van der Waals surface area contributed by atoms with Gasteiger partial charge in [-0.3, -0.25) is 9.59 Å². The molecule has 126 valence electrons. The number of halogens is 5. The van der Waals surface area contributed by atoms with E-state index in [0.29, 0.717) is 5.56 Å². The first-order chi connectivity index (χ1) is 11.2. The smallest absolute Gasteiger partial charge is 0.299 e. The van der Waals surface area contributed by atoms with Crippen LogP contribution >= 0.6 is 0 Å². The minimum Gasteiger partial charge on any atom is -0.299 e. The molecule has 2 aromatic rings. The standard InChI is InChI=1S/C17H11F5O2/c18-13-7-11(17(20,21)22)8-14(19)16(13)15(24)9-12(23)6-10-4-2-1-3-5-10/h1-5,7-8H,6,9H2. The summed E-state index contributed by atoms with van der Waals surface area (Å²) in [6, 6.07) is 8.45. The zero-order chi connectivity index (χ0) is 17.9. The van der Waals surface area contributed by atoms with E-state index in [2.05, 4.69) is 0 Å². The number of hydrogen-bond acceptors (Lipinski definition) is 2. The first-order valence-electron chi connectivity index (χ1n) is 6.83. The van der Waals surface area contributed by atoms with E-state index in [1.165, 1.54) is 0 Å². The maximum atomic E-state index is 13.7. The average Bonchev–Trinajstić information content (AvgIpc) is 2.46. The van der Waals surface area contributed by atoms with Gasteiger partial charge in [0, 0.05) is 6.42 Å². The SMILES string of the molecule is O=C(CC(=O)c1c(F)cc(C(F)(F)F)cc1F)Cc1ccccc1. The fourth-order valence-electron chi connectivity index (χ4n) is 2.16. The Balaban J connectivity index is 2.17. The highest BCUT2D eigenvalue weighted by Gasteiger charge is 2.33. The van der Waals surface area contributed by atoms with E-state index < -0.39 is 46.9 Å². The molecule has 24 heavy (non-hydrogen) atoms. The van der Waals surface area contributed by atoms with Gasteiger partial charge in [-0.25, -0.2) is 8.78 Å². The number of ketones is 2. The van der Waals surface area contributed by atoms with Crippen LogP contribution in [0, 0.1) is 11.6 Å². The summed E-state index contributed by atoms with van der Waals surface area (Å²) in [5, 5.41) is 0. The second kappa shape index (κ2) is 6.90. The van der Waals surface area contributed by atoms with E-state index in [-0.39, 0.29) is 18.6 Å². The molecule has 0 unspecified atom stereocenters. The van der Waals surface area contributed by atoms with Crippen molar-refractivity contribution in [1.82, 2.24) is 0 Å². The number of carbonyl (C=O) groups excluding carboxylic acids is 2. The van der Waals surface area contributed by atoms with Crippen molar-refractivity contribution < 1.29 is 31.5 Å². The van der Waals surface area contributed by atoms with Gasteiger partial charge in [-0.15, -0.1) is 0 Å². The molecule has 2 nitrogen and oxygen atoms in total. The molecule has 0 atom stereocenters.